The molecule has 2 unspecified atom stereocenters. The molecule has 7 nitrogen and oxygen atoms in total. The number of nitrogens with zero attached hydrogens (tertiary/aromatic N) is 3. The molecular formula is C28H25N3O4. The molecule has 0 aliphatic rings. The van der Waals surface area contributed by atoms with Gasteiger partial charge in [-0.05, 0) is 59.4 Å². The molecule has 4 aromatic rings. The third kappa shape index (κ3) is 5.24. The number of benzene rings is 3. The van der Waals surface area contributed by atoms with Crippen molar-refractivity contribution in [1.29, 1.82) is 0 Å². The first kappa shape index (κ1) is 23.8. The van der Waals surface area contributed by atoms with Gasteiger partial charge < -0.3 is 5.11 Å². The molecular weight excluding hydrogens is 442 g/mol. The summed E-state index contributed by atoms with van der Waals surface area (Å²) in [5.41, 5.74) is 5.52. The maximum absolute atomic E-state index is 11.9. The van der Waals surface area contributed by atoms with Crippen LogP contribution in [0.1, 0.15) is 51.1 Å². The van der Waals surface area contributed by atoms with Gasteiger partial charge in [0.25, 0.3) is 5.56 Å². The molecule has 0 aliphatic heterocycles. The molecule has 1 heterocycles. The molecule has 1 aromatic heterocycles. The average molecular weight is 468 g/mol. The Bertz CT molecular complexity index is 1410. The van der Waals surface area contributed by atoms with Gasteiger partial charge in [-0.25, -0.2) is 9.48 Å². The Hall–Kier alpha value is -4.39. The number of carbonyl (C=O) groups is 1. The van der Waals surface area contributed by atoms with Gasteiger partial charge in [-0.15, -0.1) is 0 Å². The monoisotopic (exact) mass is 467 g/mol. The third-order valence-electron chi connectivity index (χ3n) is 6.25. The summed E-state index contributed by atoms with van der Waals surface area (Å²) >= 11 is 0. The third-order valence-corrected chi connectivity index (χ3v) is 6.25. The fraction of sp³-hybridized carbons (Fsp3) is 0.179. The Kier molecular flexibility index (Phi) is 6.96. The number of aryl methyl sites for hydroxylation is 2. The van der Waals surface area contributed by atoms with Crippen molar-refractivity contribution in [2.75, 3.05) is 0 Å². The standard InChI is InChI=1S/C28H25N3O4/c1-18-5-3-4-6-23(18)24(17-26(30-35)25-15-16-27(32)31(2)29-25)21-11-7-19(8-12-21)20-9-13-22(14-10-20)28(33)34/h3-16,24,26H,17H2,1-2H3,(H,33,34). The topological polar surface area (TPSA) is 102 Å². The van der Waals surface area contributed by atoms with Crippen molar-refractivity contribution in [3.63, 3.8) is 0 Å². The quantitative estimate of drug-likeness (QED) is 0.346. The number of hydrogen-bond acceptors (Lipinski definition) is 5. The number of aromatic nitrogens is 2. The SMILES string of the molecule is Cc1ccccc1C(CC(N=O)c1ccc(=O)n(C)n1)c1ccc(-c2ccc(C(=O)O)cc2)cc1. The summed E-state index contributed by atoms with van der Waals surface area (Å²) in [4.78, 5) is 34.8. The van der Waals surface area contributed by atoms with E-state index in [0.29, 0.717) is 12.1 Å². The maximum Gasteiger partial charge on any atom is 0.335 e. The highest BCUT2D eigenvalue weighted by Gasteiger charge is 2.24. The lowest BCUT2D eigenvalue weighted by Crippen LogP contribution is -2.20. The number of nitroso groups, excluding NO2 is 1. The van der Waals surface area contributed by atoms with E-state index in [-0.39, 0.29) is 17.0 Å². The zero-order chi connectivity index (χ0) is 24.9. The summed E-state index contributed by atoms with van der Waals surface area (Å²) < 4.78 is 1.21. The number of hydrogen-bond donors (Lipinski definition) is 1. The Labute approximate surface area is 202 Å². The zero-order valence-electron chi connectivity index (χ0n) is 19.5. The molecule has 0 saturated heterocycles. The normalized spacial score (nSPS) is 12.6. The second-order valence-corrected chi connectivity index (χ2v) is 8.49. The molecule has 0 amide bonds. The molecule has 3 aromatic carbocycles. The summed E-state index contributed by atoms with van der Waals surface area (Å²) in [6.07, 6.45) is 0.395. The molecule has 0 spiro atoms. The maximum atomic E-state index is 11.9. The second kappa shape index (κ2) is 10.3. The first-order valence-corrected chi connectivity index (χ1v) is 11.2. The summed E-state index contributed by atoms with van der Waals surface area (Å²) in [5.74, 6) is -1.08. The number of carboxylic acids is 1. The minimum atomic E-state index is -0.959. The fourth-order valence-electron chi connectivity index (χ4n) is 4.27. The van der Waals surface area contributed by atoms with Crippen LogP contribution in [-0.2, 0) is 7.05 Å². The molecule has 0 aliphatic carbocycles. The smallest absolute Gasteiger partial charge is 0.335 e. The van der Waals surface area contributed by atoms with Crippen LogP contribution in [0.25, 0.3) is 11.1 Å². The molecule has 0 saturated carbocycles. The molecule has 0 bridgehead atoms. The highest BCUT2D eigenvalue weighted by Crippen LogP contribution is 2.37. The number of aromatic carboxylic acids is 1. The van der Waals surface area contributed by atoms with Crippen LogP contribution < -0.4 is 5.56 Å². The van der Waals surface area contributed by atoms with Crippen LogP contribution in [0.2, 0.25) is 0 Å². The Morgan fingerprint density at radius 1 is 0.943 bits per heavy atom. The van der Waals surface area contributed by atoms with E-state index in [1.165, 1.54) is 10.7 Å². The lowest BCUT2D eigenvalue weighted by Gasteiger charge is -2.23. The Morgan fingerprint density at radius 3 is 2.14 bits per heavy atom. The summed E-state index contributed by atoms with van der Waals surface area (Å²) in [5, 5.41) is 16.7. The van der Waals surface area contributed by atoms with Crippen molar-refractivity contribution >= 4 is 5.97 Å². The molecule has 1 N–H and O–H groups in total. The predicted octanol–water partition coefficient (Wildman–Crippen LogP) is 5.48. The Morgan fingerprint density at radius 2 is 1.57 bits per heavy atom. The van der Waals surface area contributed by atoms with Crippen LogP contribution >= 0.6 is 0 Å². The minimum absolute atomic E-state index is 0.124. The van der Waals surface area contributed by atoms with Crippen LogP contribution in [-0.4, -0.2) is 20.9 Å². The summed E-state index contributed by atoms with van der Waals surface area (Å²) in [6.45, 7) is 2.04. The number of rotatable bonds is 8. The average Bonchev–Trinajstić information content (AvgIpc) is 2.87. The summed E-state index contributed by atoms with van der Waals surface area (Å²) in [6, 6.07) is 25.0. The van der Waals surface area contributed by atoms with Crippen molar-refractivity contribution in [3.05, 3.63) is 128 Å². The largest absolute Gasteiger partial charge is 0.478 e. The van der Waals surface area contributed by atoms with E-state index in [1.807, 2.05) is 49.4 Å². The highest BCUT2D eigenvalue weighted by atomic mass is 16.4. The van der Waals surface area contributed by atoms with Gasteiger partial charge in [0.05, 0.1) is 11.3 Å². The van der Waals surface area contributed by atoms with E-state index < -0.39 is 12.0 Å². The molecule has 0 fully saturated rings. The van der Waals surface area contributed by atoms with Crippen LogP contribution in [0.5, 0.6) is 0 Å². The lowest BCUT2D eigenvalue weighted by molar-refractivity contribution is 0.0697. The van der Waals surface area contributed by atoms with Crippen LogP contribution in [0.3, 0.4) is 0 Å². The van der Waals surface area contributed by atoms with Gasteiger partial charge in [-0.1, -0.05) is 65.8 Å². The first-order valence-electron chi connectivity index (χ1n) is 11.2. The van der Waals surface area contributed by atoms with E-state index in [4.69, 9.17) is 5.11 Å². The van der Waals surface area contributed by atoms with Crippen molar-refractivity contribution in [1.82, 2.24) is 9.78 Å². The number of carboxylic acid groups (broad SMARTS) is 1. The van der Waals surface area contributed by atoms with Gasteiger partial charge in [0.15, 0.2) is 0 Å². The van der Waals surface area contributed by atoms with Gasteiger partial charge >= 0.3 is 5.97 Å². The molecule has 35 heavy (non-hydrogen) atoms. The van der Waals surface area contributed by atoms with Gasteiger partial charge in [0, 0.05) is 19.0 Å². The van der Waals surface area contributed by atoms with Gasteiger partial charge in [-0.3, -0.25) is 4.79 Å². The van der Waals surface area contributed by atoms with Crippen molar-refractivity contribution in [2.45, 2.75) is 25.3 Å². The molecule has 2 atom stereocenters. The van der Waals surface area contributed by atoms with Gasteiger partial charge in [-0.2, -0.15) is 10.0 Å². The van der Waals surface area contributed by atoms with E-state index >= 15 is 0 Å². The van der Waals surface area contributed by atoms with Crippen LogP contribution in [0.15, 0.2) is 94.9 Å². The molecule has 7 heteroatoms. The van der Waals surface area contributed by atoms with Crippen molar-refractivity contribution in [2.24, 2.45) is 12.2 Å². The first-order chi connectivity index (χ1) is 16.9. The highest BCUT2D eigenvalue weighted by molar-refractivity contribution is 5.88. The van der Waals surface area contributed by atoms with Gasteiger partial charge in [0.1, 0.15) is 6.04 Å². The van der Waals surface area contributed by atoms with Crippen LogP contribution in [0, 0.1) is 11.8 Å². The van der Waals surface area contributed by atoms with E-state index in [9.17, 15) is 14.5 Å². The van der Waals surface area contributed by atoms with E-state index in [1.54, 1.807) is 37.4 Å². The molecule has 176 valence electrons. The Balaban J connectivity index is 1.69. The second-order valence-electron chi connectivity index (χ2n) is 8.49. The van der Waals surface area contributed by atoms with Crippen LogP contribution in [0.4, 0.5) is 0 Å². The van der Waals surface area contributed by atoms with Crippen molar-refractivity contribution in [3.8, 4) is 11.1 Å². The van der Waals surface area contributed by atoms with E-state index in [2.05, 4.69) is 16.3 Å². The molecule has 4 rings (SSSR count). The lowest BCUT2D eigenvalue weighted by atomic mass is 9.83. The fourth-order valence-corrected chi connectivity index (χ4v) is 4.27. The molecule has 0 radical (unpaired) electrons. The van der Waals surface area contributed by atoms with Gasteiger partial charge in [0.2, 0.25) is 0 Å². The van der Waals surface area contributed by atoms with E-state index in [0.717, 1.165) is 27.8 Å². The zero-order valence-corrected chi connectivity index (χ0v) is 19.5. The predicted molar refractivity (Wildman–Crippen MR) is 134 cm³/mol. The minimum Gasteiger partial charge on any atom is -0.478 e. The summed E-state index contributed by atoms with van der Waals surface area (Å²) in [7, 11) is 1.55. The van der Waals surface area contributed by atoms with Crippen molar-refractivity contribution < 1.29 is 9.90 Å².